The van der Waals surface area contributed by atoms with Gasteiger partial charge in [0.25, 0.3) is 0 Å². The summed E-state index contributed by atoms with van der Waals surface area (Å²) in [5, 5.41) is 11.4. The maximum absolute atomic E-state index is 12.6. The van der Waals surface area contributed by atoms with Crippen molar-refractivity contribution >= 4 is 16.9 Å². The van der Waals surface area contributed by atoms with Gasteiger partial charge in [-0.2, -0.15) is 0 Å². The summed E-state index contributed by atoms with van der Waals surface area (Å²) in [6.07, 6.45) is 6.08. The molecule has 7 heteroatoms. The molecule has 2 aliphatic rings. The van der Waals surface area contributed by atoms with E-state index in [4.69, 9.17) is 4.74 Å². The van der Waals surface area contributed by atoms with E-state index in [1.54, 1.807) is 4.68 Å². The zero-order valence-corrected chi connectivity index (χ0v) is 15.2. The van der Waals surface area contributed by atoms with Crippen LogP contribution in [0.2, 0.25) is 0 Å². The summed E-state index contributed by atoms with van der Waals surface area (Å²) in [4.78, 5) is 15.1. The SMILES string of the molecule is O=C(Cn1nnc2ccccc21)NCC1(N2CCOCC2)CCCCC1. The van der Waals surface area contributed by atoms with Crippen LogP contribution >= 0.6 is 0 Å². The van der Waals surface area contributed by atoms with Crippen LogP contribution in [0.15, 0.2) is 24.3 Å². The van der Waals surface area contributed by atoms with E-state index in [1.807, 2.05) is 24.3 Å². The number of rotatable bonds is 5. The lowest BCUT2D eigenvalue weighted by atomic mass is 9.79. The second-order valence-electron chi connectivity index (χ2n) is 7.40. The van der Waals surface area contributed by atoms with Gasteiger partial charge in [0.05, 0.1) is 18.7 Å². The van der Waals surface area contributed by atoms with Crippen LogP contribution in [-0.2, 0) is 16.1 Å². The molecule has 4 rings (SSSR count). The number of benzene rings is 1. The second-order valence-corrected chi connectivity index (χ2v) is 7.40. The van der Waals surface area contributed by atoms with Gasteiger partial charge in [-0.1, -0.05) is 36.6 Å². The average molecular weight is 357 g/mol. The molecule has 1 aliphatic carbocycles. The highest BCUT2D eigenvalue weighted by Gasteiger charge is 2.38. The number of para-hydroxylation sites is 1. The summed E-state index contributed by atoms with van der Waals surface area (Å²) >= 11 is 0. The van der Waals surface area contributed by atoms with Crippen molar-refractivity contribution in [1.82, 2.24) is 25.2 Å². The van der Waals surface area contributed by atoms with Gasteiger partial charge in [-0.05, 0) is 25.0 Å². The molecule has 140 valence electrons. The van der Waals surface area contributed by atoms with E-state index in [-0.39, 0.29) is 18.0 Å². The molecule has 2 heterocycles. The fourth-order valence-electron chi connectivity index (χ4n) is 4.34. The number of fused-ring (bicyclic) bond motifs is 1. The summed E-state index contributed by atoms with van der Waals surface area (Å²) in [7, 11) is 0. The Morgan fingerprint density at radius 2 is 1.92 bits per heavy atom. The Hall–Kier alpha value is -1.99. The molecule has 2 fully saturated rings. The third-order valence-corrected chi connectivity index (χ3v) is 5.79. The van der Waals surface area contributed by atoms with E-state index in [2.05, 4.69) is 20.5 Å². The van der Waals surface area contributed by atoms with Crippen LogP contribution in [0.5, 0.6) is 0 Å². The van der Waals surface area contributed by atoms with Gasteiger partial charge in [0.15, 0.2) is 0 Å². The van der Waals surface area contributed by atoms with Crippen LogP contribution in [0.1, 0.15) is 32.1 Å². The van der Waals surface area contributed by atoms with Gasteiger partial charge in [-0.3, -0.25) is 9.69 Å². The maximum atomic E-state index is 12.6. The lowest BCUT2D eigenvalue weighted by Crippen LogP contribution is -2.59. The van der Waals surface area contributed by atoms with Gasteiger partial charge in [-0.15, -0.1) is 5.10 Å². The molecular formula is C19H27N5O2. The van der Waals surface area contributed by atoms with Crippen LogP contribution in [-0.4, -0.2) is 64.2 Å². The van der Waals surface area contributed by atoms with Crippen molar-refractivity contribution in [2.75, 3.05) is 32.8 Å². The summed E-state index contributed by atoms with van der Waals surface area (Å²) in [6, 6.07) is 7.72. The predicted molar refractivity (Wildman–Crippen MR) is 98.7 cm³/mol. The topological polar surface area (TPSA) is 72.3 Å². The molecular weight excluding hydrogens is 330 g/mol. The number of nitrogens with zero attached hydrogens (tertiary/aromatic N) is 4. The molecule has 0 spiro atoms. The van der Waals surface area contributed by atoms with Gasteiger partial charge in [0.1, 0.15) is 12.1 Å². The first-order chi connectivity index (χ1) is 12.8. The van der Waals surface area contributed by atoms with Crippen molar-refractivity contribution < 1.29 is 9.53 Å². The number of carbonyl (C=O) groups is 1. The van der Waals surface area contributed by atoms with Crippen molar-refractivity contribution in [2.24, 2.45) is 0 Å². The number of ether oxygens (including phenoxy) is 1. The van der Waals surface area contributed by atoms with Crippen molar-refractivity contribution in [2.45, 2.75) is 44.2 Å². The predicted octanol–water partition coefficient (Wildman–Crippen LogP) is 1.58. The molecule has 1 amide bonds. The second kappa shape index (κ2) is 7.72. The van der Waals surface area contributed by atoms with E-state index < -0.39 is 0 Å². The van der Waals surface area contributed by atoms with Crippen molar-refractivity contribution in [3.8, 4) is 0 Å². The Bertz CT molecular complexity index is 747. The maximum Gasteiger partial charge on any atom is 0.241 e. The minimum absolute atomic E-state index is 0.00105. The number of carbonyl (C=O) groups excluding carboxylic acids is 1. The van der Waals surface area contributed by atoms with Gasteiger partial charge in [0.2, 0.25) is 5.91 Å². The van der Waals surface area contributed by atoms with E-state index in [9.17, 15) is 4.79 Å². The van der Waals surface area contributed by atoms with Crippen molar-refractivity contribution in [3.63, 3.8) is 0 Å². The van der Waals surface area contributed by atoms with E-state index in [1.165, 1.54) is 19.3 Å². The number of hydrogen-bond acceptors (Lipinski definition) is 5. The molecule has 0 bridgehead atoms. The fraction of sp³-hybridized carbons (Fsp3) is 0.632. The first-order valence-electron chi connectivity index (χ1n) is 9.65. The average Bonchev–Trinajstić information content (AvgIpc) is 3.11. The van der Waals surface area contributed by atoms with Crippen molar-refractivity contribution in [1.29, 1.82) is 0 Å². The molecule has 1 aromatic carbocycles. The first-order valence-corrected chi connectivity index (χ1v) is 9.65. The fourth-order valence-corrected chi connectivity index (χ4v) is 4.34. The van der Waals surface area contributed by atoms with Gasteiger partial charge >= 0.3 is 0 Å². The Morgan fingerprint density at radius 1 is 1.15 bits per heavy atom. The summed E-state index contributed by atoms with van der Waals surface area (Å²) in [5.74, 6) is -0.00105. The monoisotopic (exact) mass is 357 g/mol. The molecule has 1 saturated heterocycles. The minimum Gasteiger partial charge on any atom is -0.379 e. The third kappa shape index (κ3) is 3.59. The van der Waals surface area contributed by atoms with Gasteiger partial charge < -0.3 is 10.1 Å². The Labute approximate surface area is 153 Å². The standard InChI is InChI=1S/C19H27N5O2/c25-18(14-24-17-7-3-2-6-16(17)21-22-24)20-15-19(8-4-1-5-9-19)23-10-12-26-13-11-23/h2-3,6-7H,1,4-5,8-15H2,(H,20,25). The van der Waals surface area contributed by atoms with Crippen LogP contribution in [0.25, 0.3) is 11.0 Å². The molecule has 7 nitrogen and oxygen atoms in total. The van der Waals surface area contributed by atoms with E-state index in [0.29, 0.717) is 6.54 Å². The summed E-state index contributed by atoms with van der Waals surface area (Å²) in [6.45, 7) is 4.42. The number of hydrogen-bond donors (Lipinski definition) is 1. The lowest BCUT2D eigenvalue weighted by Gasteiger charge is -2.48. The Kier molecular flexibility index (Phi) is 5.17. The molecule has 2 aromatic rings. The largest absolute Gasteiger partial charge is 0.379 e. The number of amides is 1. The number of aromatic nitrogens is 3. The van der Waals surface area contributed by atoms with E-state index >= 15 is 0 Å². The molecule has 1 aromatic heterocycles. The smallest absolute Gasteiger partial charge is 0.241 e. The van der Waals surface area contributed by atoms with Crippen LogP contribution in [0, 0.1) is 0 Å². The highest BCUT2D eigenvalue weighted by Crippen LogP contribution is 2.33. The Balaban J connectivity index is 1.41. The molecule has 0 atom stereocenters. The Morgan fingerprint density at radius 3 is 2.73 bits per heavy atom. The van der Waals surface area contributed by atoms with Crippen LogP contribution < -0.4 is 5.32 Å². The van der Waals surface area contributed by atoms with Crippen LogP contribution in [0.3, 0.4) is 0 Å². The zero-order valence-electron chi connectivity index (χ0n) is 15.2. The highest BCUT2D eigenvalue weighted by molar-refractivity contribution is 5.79. The first kappa shape index (κ1) is 17.4. The number of nitrogens with one attached hydrogen (secondary N) is 1. The van der Waals surface area contributed by atoms with Crippen molar-refractivity contribution in [3.05, 3.63) is 24.3 Å². The molecule has 0 unspecified atom stereocenters. The normalized spacial score (nSPS) is 20.9. The third-order valence-electron chi connectivity index (χ3n) is 5.79. The molecule has 0 radical (unpaired) electrons. The quantitative estimate of drug-likeness (QED) is 0.880. The minimum atomic E-state index is -0.00105. The van der Waals surface area contributed by atoms with E-state index in [0.717, 1.165) is 50.2 Å². The van der Waals surface area contributed by atoms with Crippen LogP contribution in [0.4, 0.5) is 0 Å². The molecule has 1 saturated carbocycles. The molecule has 1 N–H and O–H groups in total. The molecule has 1 aliphatic heterocycles. The highest BCUT2D eigenvalue weighted by atomic mass is 16.5. The molecule has 26 heavy (non-hydrogen) atoms. The lowest BCUT2D eigenvalue weighted by molar-refractivity contribution is -0.123. The number of morpholine rings is 1. The van der Waals surface area contributed by atoms with Gasteiger partial charge in [-0.25, -0.2) is 4.68 Å². The van der Waals surface area contributed by atoms with Gasteiger partial charge in [0, 0.05) is 25.2 Å². The summed E-state index contributed by atoms with van der Waals surface area (Å²) < 4.78 is 7.20. The zero-order chi connectivity index (χ0) is 17.8. The summed E-state index contributed by atoms with van der Waals surface area (Å²) in [5.41, 5.74) is 1.79.